The maximum absolute atomic E-state index is 13.8. The Morgan fingerprint density at radius 2 is 1.61 bits per heavy atom. The molecule has 0 saturated carbocycles. The van der Waals surface area contributed by atoms with Crippen molar-refractivity contribution in [3.63, 3.8) is 0 Å². The van der Waals surface area contributed by atoms with E-state index in [1.54, 1.807) is 0 Å². The fourth-order valence-corrected chi connectivity index (χ4v) is 2.10. The van der Waals surface area contributed by atoms with Crippen LogP contribution in [0.3, 0.4) is 0 Å². The number of hydrogen-bond donors (Lipinski definition) is 3. The first kappa shape index (κ1) is 17.4. The zero-order valence-electron chi connectivity index (χ0n) is 11.9. The SMILES string of the molecule is OCCNC(O)c1cc(-c2ccc(C(F)(F)F)cc2)ccc1F. The van der Waals surface area contributed by atoms with Crippen molar-refractivity contribution in [1.82, 2.24) is 5.32 Å². The molecule has 23 heavy (non-hydrogen) atoms. The summed E-state index contributed by atoms with van der Waals surface area (Å²) < 4.78 is 51.4. The van der Waals surface area contributed by atoms with Gasteiger partial charge in [0.1, 0.15) is 12.0 Å². The predicted octanol–water partition coefficient (Wildman–Crippen LogP) is 3.08. The zero-order chi connectivity index (χ0) is 17.0. The lowest BCUT2D eigenvalue weighted by atomic mass is 10.0. The van der Waals surface area contributed by atoms with Crippen molar-refractivity contribution < 1.29 is 27.8 Å². The minimum atomic E-state index is -4.42. The Morgan fingerprint density at radius 3 is 2.17 bits per heavy atom. The van der Waals surface area contributed by atoms with E-state index in [-0.39, 0.29) is 18.7 Å². The number of halogens is 4. The molecule has 3 N–H and O–H groups in total. The number of hydrogen-bond acceptors (Lipinski definition) is 3. The standard InChI is InChI=1S/C16H15F4NO2/c17-14-6-3-11(9-13(14)15(23)21-7-8-22)10-1-4-12(5-2-10)16(18,19)20/h1-6,9,15,21-23H,7-8H2. The first-order valence-electron chi connectivity index (χ1n) is 6.82. The molecule has 3 nitrogen and oxygen atoms in total. The molecule has 2 aromatic carbocycles. The van der Waals surface area contributed by atoms with E-state index in [0.29, 0.717) is 11.1 Å². The predicted molar refractivity (Wildman–Crippen MR) is 76.9 cm³/mol. The van der Waals surface area contributed by atoms with Crippen LogP contribution in [0.25, 0.3) is 11.1 Å². The Bertz CT molecular complexity index is 656. The second-order valence-corrected chi connectivity index (χ2v) is 4.89. The van der Waals surface area contributed by atoms with Crippen LogP contribution < -0.4 is 5.32 Å². The Morgan fingerprint density at radius 1 is 1.00 bits per heavy atom. The van der Waals surface area contributed by atoms with Gasteiger partial charge in [-0.05, 0) is 35.4 Å². The Balaban J connectivity index is 2.30. The molecule has 0 fully saturated rings. The summed E-state index contributed by atoms with van der Waals surface area (Å²) in [7, 11) is 0. The molecule has 2 aromatic rings. The van der Waals surface area contributed by atoms with Crippen molar-refractivity contribution in [3.05, 3.63) is 59.4 Å². The largest absolute Gasteiger partial charge is 0.416 e. The van der Waals surface area contributed by atoms with Crippen LogP contribution in [0.1, 0.15) is 17.4 Å². The second-order valence-electron chi connectivity index (χ2n) is 4.89. The van der Waals surface area contributed by atoms with Gasteiger partial charge in [-0.25, -0.2) is 4.39 Å². The number of benzene rings is 2. The third kappa shape index (κ3) is 4.28. The van der Waals surface area contributed by atoms with Crippen LogP contribution in [-0.2, 0) is 6.18 Å². The normalized spacial score (nSPS) is 13.1. The highest BCUT2D eigenvalue weighted by Gasteiger charge is 2.30. The maximum Gasteiger partial charge on any atom is 0.416 e. The van der Waals surface area contributed by atoms with E-state index in [1.165, 1.54) is 24.3 Å². The van der Waals surface area contributed by atoms with Gasteiger partial charge < -0.3 is 10.2 Å². The van der Waals surface area contributed by atoms with Crippen LogP contribution in [0.4, 0.5) is 17.6 Å². The van der Waals surface area contributed by atoms with Crippen LogP contribution in [0.2, 0.25) is 0 Å². The Labute approximate surface area is 130 Å². The smallest absolute Gasteiger partial charge is 0.395 e. The van der Waals surface area contributed by atoms with Crippen LogP contribution in [-0.4, -0.2) is 23.4 Å². The molecule has 0 heterocycles. The molecular formula is C16H15F4NO2. The van der Waals surface area contributed by atoms with Gasteiger partial charge in [-0.2, -0.15) is 13.2 Å². The molecule has 0 saturated heterocycles. The van der Waals surface area contributed by atoms with E-state index in [1.807, 2.05) is 0 Å². The third-order valence-corrected chi connectivity index (χ3v) is 3.29. The van der Waals surface area contributed by atoms with Crippen LogP contribution in [0.5, 0.6) is 0 Å². The highest BCUT2D eigenvalue weighted by atomic mass is 19.4. The minimum absolute atomic E-state index is 0.0455. The molecular weight excluding hydrogens is 314 g/mol. The molecule has 1 unspecified atom stereocenters. The van der Waals surface area contributed by atoms with Gasteiger partial charge in [0.25, 0.3) is 0 Å². The highest BCUT2D eigenvalue weighted by Crippen LogP contribution is 2.31. The average molecular weight is 329 g/mol. The van der Waals surface area contributed by atoms with Crippen molar-refractivity contribution in [2.24, 2.45) is 0 Å². The summed E-state index contributed by atoms with van der Waals surface area (Å²) >= 11 is 0. The zero-order valence-corrected chi connectivity index (χ0v) is 11.9. The molecule has 0 aliphatic heterocycles. The van der Waals surface area contributed by atoms with E-state index in [9.17, 15) is 22.7 Å². The summed E-state index contributed by atoms with van der Waals surface area (Å²) in [4.78, 5) is 0. The molecule has 0 aromatic heterocycles. The summed E-state index contributed by atoms with van der Waals surface area (Å²) in [6, 6.07) is 8.36. The summed E-state index contributed by atoms with van der Waals surface area (Å²) in [5, 5.41) is 21.1. The molecule has 0 spiro atoms. The van der Waals surface area contributed by atoms with Gasteiger partial charge in [0, 0.05) is 12.1 Å². The van der Waals surface area contributed by atoms with Crippen molar-refractivity contribution in [3.8, 4) is 11.1 Å². The Kier molecular flexibility index (Phi) is 5.35. The van der Waals surface area contributed by atoms with Crippen LogP contribution >= 0.6 is 0 Å². The average Bonchev–Trinajstić information content (AvgIpc) is 2.52. The fraction of sp³-hybridized carbons (Fsp3) is 0.250. The van der Waals surface area contributed by atoms with Crippen molar-refractivity contribution in [1.29, 1.82) is 0 Å². The first-order chi connectivity index (χ1) is 10.8. The number of rotatable bonds is 5. The van der Waals surface area contributed by atoms with Gasteiger partial charge in [0.2, 0.25) is 0 Å². The molecule has 0 bridgehead atoms. The van der Waals surface area contributed by atoms with Gasteiger partial charge >= 0.3 is 6.18 Å². The molecule has 0 aliphatic carbocycles. The van der Waals surface area contributed by atoms with E-state index < -0.39 is 23.8 Å². The van der Waals surface area contributed by atoms with E-state index in [0.717, 1.165) is 18.2 Å². The number of aliphatic hydroxyl groups excluding tert-OH is 2. The van der Waals surface area contributed by atoms with Crippen molar-refractivity contribution >= 4 is 0 Å². The van der Waals surface area contributed by atoms with Gasteiger partial charge in [-0.1, -0.05) is 18.2 Å². The highest BCUT2D eigenvalue weighted by molar-refractivity contribution is 5.64. The quantitative estimate of drug-likeness (QED) is 0.584. The summed E-state index contributed by atoms with van der Waals surface area (Å²) in [5.41, 5.74) is 0.123. The van der Waals surface area contributed by atoms with Gasteiger partial charge in [-0.3, -0.25) is 5.32 Å². The molecule has 2 rings (SSSR count). The lowest BCUT2D eigenvalue weighted by Crippen LogP contribution is -2.24. The van der Waals surface area contributed by atoms with Crippen molar-refractivity contribution in [2.75, 3.05) is 13.2 Å². The first-order valence-corrected chi connectivity index (χ1v) is 6.82. The fourth-order valence-electron chi connectivity index (χ4n) is 2.10. The third-order valence-electron chi connectivity index (χ3n) is 3.29. The monoisotopic (exact) mass is 329 g/mol. The topological polar surface area (TPSA) is 52.5 Å². The van der Waals surface area contributed by atoms with Gasteiger partial charge in [0.15, 0.2) is 0 Å². The molecule has 0 radical (unpaired) electrons. The molecule has 1 atom stereocenters. The van der Waals surface area contributed by atoms with Crippen LogP contribution in [0.15, 0.2) is 42.5 Å². The minimum Gasteiger partial charge on any atom is -0.395 e. The van der Waals surface area contributed by atoms with Gasteiger partial charge in [0.05, 0.1) is 12.2 Å². The van der Waals surface area contributed by atoms with E-state index >= 15 is 0 Å². The summed E-state index contributed by atoms with van der Waals surface area (Å²) in [6.07, 6.45) is -5.74. The van der Waals surface area contributed by atoms with Gasteiger partial charge in [-0.15, -0.1) is 0 Å². The summed E-state index contributed by atoms with van der Waals surface area (Å²) in [5.74, 6) is -0.654. The number of aliphatic hydroxyl groups is 2. The van der Waals surface area contributed by atoms with E-state index in [4.69, 9.17) is 5.11 Å². The second kappa shape index (κ2) is 7.08. The maximum atomic E-state index is 13.8. The van der Waals surface area contributed by atoms with E-state index in [2.05, 4.69) is 5.32 Å². The molecule has 124 valence electrons. The molecule has 0 amide bonds. The number of alkyl halides is 3. The van der Waals surface area contributed by atoms with Crippen molar-refractivity contribution in [2.45, 2.75) is 12.4 Å². The lowest BCUT2D eigenvalue weighted by Gasteiger charge is -2.15. The molecule has 7 heteroatoms. The lowest BCUT2D eigenvalue weighted by molar-refractivity contribution is -0.137. The molecule has 0 aliphatic rings. The Hall–Kier alpha value is -1.96. The number of nitrogens with one attached hydrogen (secondary N) is 1. The summed E-state index contributed by atoms with van der Waals surface area (Å²) in [6.45, 7) is -0.150. The van der Waals surface area contributed by atoms with Crippen LogP contribution in [0, 0.1) is 5.82 Å².